The van der Waals surface area contributed by atoms with Crippen LogP contribution in [0.5, 0.6) is 0 Å². The number of thioether (sulfide) groups is 1. The minimum Gasteiger partial charge on any atom is -0.324 e. The molecule has 1 amide bonds. The van der Waals surface area contributed by atoms with Crippen molar-refractivity contribution in [3.63, 3.8) is 0 Å². The first kappa shape index (κ1) is 18.3. The molecule has 1 aromatic heterocycles. The fraction of sp³-hybridized carbons (Fsp3) is 0.231. The maximum absolute atomic E-state index is 12.7. The first-order valence-corrected chi connectivity index (χ1v) is 7.69. The van der Waals surface area contributed by atoms with E-state index < -0.39 is 28.5 Å². The summed E-state index contributed by atoms with van der Waals surface area (Å²) in [7, 11) is 0. The van der Waals surface area contributed by atoms with E-state index >= 15 is 0 Å². The van der Waals surface area contributed by atoms with Crippen LogP contribution in [-0.2, 0) is 11.0 Å². The predicted octanol–water partition coefficient (Wildman–Crippen LogP) is 2.96. The summed E-state index contributed by atoms with van der Waals surface area (Å²) in [5.41, 5.74) is -1.57. The molecule has 128 valence electrons. The molecule has 0 saturated heterocycles. The third-order valence-corrected chi connectivity index (χ3v) is 4.07. The zero-order valence-electron chi connectivity index (χ0n) is 12.0. The lowest BCUT2D eigenvalue weighted by atomic mass is 10.2. The van der Waals surface area contributed by atoms with Crippen LogP contribution in [0.15, 0.2) is 34.3 Å². The normalized spacial score (nSPS) is 12.7. The van der Waals surface area contributed by atoms with Gasteiger partial charge >= 0.3 is 6.18 Å². The average Bonchev–Trinajstić information content (AvgIpc) is 2.48. The Bertz CT molecular complexity index is 812. The van der Waals surface area contributed by atoms with E-state index in [2.05, 4.69) is 20.5 Å². The van der Waals surface area contributed by atoms with E-state index in [0.717, 1.165) is 36.2 Å². The summed E-state index contributed by atoms with van der Waals surface area (Å²) in [5, 5.41) is 8.73. The van der Waals surface area contributed by atoms with Crippen molar-refractivity contribution in [2.24, 2.45) is 0 Å². The number of carbonyl (C=O) groups is 1. The quantitative estimate of drug-likeness (QED) is 0.799. The number of carbonyl (C=O) groups excluding carboxylic acids is 1. The molecule has 1 heterocycles. The number of benzene rings is 1. The standard InChI is InChI=1S/C13H10ClF3N4O2S/c1-6(24-12-20-10(22)5-18-21-12)11(23)19-9-4-7(13(15,16)17)2-3-8(9)14/h2-6H,1H3,(H,19,23)(H,20,21,22)/t6-/m1/s1. The van der Waals surface area contributed by atoms with Crippen molar-refractivity contribution < 1.29 is 18.0 Å². The van der Waals surface area contributed by atoms with Gasteiger partial charge in [0.2, 0.25) is 5.91 Å². The van der Waals surface area contributed by atoms with Gasteiger partial charge < -0.3 is 5.32 Å². The lowest BCUT2D eigenvalue weighted by Gasteiger charge is -2.14. The van der Waals surface area contributed by atoms with Crippen LogP contribution in [-0.4, -0.2) is 26.3 Å². The van der Waals surface area contributed by atoms with E-state index in [1.165, 1.54) is 6.92 Å². The minimum atomic E-state index is -4.55. The van der Waals surface area contributed by atoms with Crippen molar-refractivity contribution in [3.05, 3.63) is 45.3 Å². The van der Waals surface area contributed by atoms with Gasteiger partial charge in [0.05, 0.1) is 21.5 Å². The molecular formula is C13H10ClF3N4O2S. The number of rotatable bonds is 4. The highest BCUT2D eigenvalue weighted by Gasteiger charge is 2.31. The summed E-state index contributed by atoms with van der Waals surface area (Å²) in [4.78, 5) is 25.6. The van der Waals surface area contributed by atoms with Crippen molar-refractivity contribution in [3.8, 4) is 0 Å². The maximum Gasteiger partial charge on any atom is 0.416 e. The molecule has 0 radical (unpaired) electrons. The van der Waals surface area contributed by atoms with E-state index in [4.69, 9.17) is 11.6 Å². The third-order valence-electron chi connectivity index (χ3n) is 2.76. The van der Waals surface area contributed by atoms with Crippen LogP contribution in [0.4, 0.5) is 18.9 Å². The molecule has 6 nitrogen and oxygen atoms in total. The van der Waals surface area contributed by atoms with E-state index in [1.807, 2.05) is 0 Å². The Labute approximate surface area is 142 Å². The molecule has 2 aromatic rings. The highest BCUT2D eigenvalue weighted by atomic mass is 35.5. The van der Waals surface area contributed by atoms with Crippen LogP contribution in [0, 0.1) is 0 Å². The van der Waals surface area contributed by atoms with Gasteiger partial charge in [0, 0.05) is 0 Å². The number of anilines is 1. The van der Waals surface area contributed by atoms with Gasteiger partial charge in [0.25, 0.3) is 5.56 Å². The summed E-state index contributed by atoms with van der Waals surface area (Å²) in [5.74, 6) is -0.604. The van der Waals surface area contributed by atoms with Gasteiger partial charge in [-0.05, 0) is 25.1 Å². The SMILES string of the molecule is C[C@@H](Sc1nncc(=O)[nH]1)C(=O)Nc1cc(C(F)(F)F)ccc1Cl. The van der Waals surface area contributed by atoms with Crippen molar-refractivity contribution in [1.29, 1.82) is 0 Å². The molecule has 1 aromatic carbocycles. The molecule has 0 aliphatic rings. The van der Waals surface area contributed by atoms with Gasteiger partial charge in [0.1, 0.15) is 6.20 Å². The number of nitrogens with zero attached hydrogens (tertiary/aromatic N) is 2. The van der Waals surface area contributed by atoms with Gasteiger partial charge in [-0.1, -0.05) is 23.4 Å². The van der Waals surface area contributed by atoms with Gasteiger partial charge in [-0.3, -0.25) is 14.6 Å². The summed E-state index contributed by atoms with van der Waals surface area (Å²) in [6.45, 7) is 1.49. The Hall–Kier alpha value is -2.07. The zero-order chi connectivity index (χ0) is 17.9. The Morgan fingerprint density at radius 1 is 1.42 bits per heavy atom. The number of alkyl halides is 3. The molecule has 0 aliphatic heterocycles. The van der Waals surface area contributed by atoms with Crippen molar-refractivity contribution in [1.82, 2.24) is 15.2 Å². The number of aromatic amines is 1. The van der Waals surface area contributed by atoms with Crippen LogP contribution in [0.1, 0.15) is 12.5 Å². The fourth-order valence-corrected chi connectivity index (χ4v) is 2.52. The summed E-state index contributed by atoms with van der Waals surface area (Å²) in [6, 6.07) is 2.63. The van der Waals surface area contributed by atoms with Gasteiger partial charge in [-0.15, -0.1) is 5.10 Å². The summed E-state index contributed by atoms with van der Waals surface area (Å²) >= 11 is 6.71. The highest BCUT2D eigenvalue weighted by molar-refractivity contribution is 8.00. The number of hydrogen-bond acceptors (Lipinski definition) is 5. The van der Waals surface area contributed by atoms with Gasteiger partial charge in [-0.2, -0.15) is 18.3 Å². The van der Waals surface area contributed by atoms with Crippen molar-refractivity contribution in [2.45, 2.75) is 23.5 Å². The van der Waals surface area contributed by atoms with Crippen LogP contribution in [0.3, 0.4) is 0 Å². The van der Waals surface area contributed by atoms with E-state index in [-0.39, 0.29) is 15.9 Å². The number of amides is 1. The summed E-state index contributed by atoms with van der Waals surface area (Å²) in [6.07, 6.45) is -3.58. The smallest absolute Gasteiger partial charge is 0.324 e. The number of nitrogens with one attached hydrogen (secondary N) is 2. The fourth-order valence-electron chi connectivity index (χ4n) is 1.60. The van der Waals surface area contributed by atoms with E-state index in [1.54, 1.807) is 0 Å². The molecule has 0 aliphatic carbocycles. The lowest BCUT2D eigenvalue weighted by molar-refractivity contribution is -0.137. The number of H-pyrrole nitrogens is 1. The molecule has 0 bridgehead atoms. The number of halogens is 4. The highest BCUT2D eigenvalue weighted by Crippen LogP contribution is 2.34. The Balaban J connectivity index is 2.12. The summed E-state index contributed by atoms with van der Waals surface area (Å²) < 4.78 is 38.1. The second kappa shape index (κ2) is 7.22. The Morgan fingerprint density at radius 3 is 2.75 bits per heavy atom. The monoisotopic (exact) mass is 378 g/mol. The van der Waals surface area contributed by atoms with Crippen LogP contribution in [0.25, 0.3) is 0 Å². The molecule has 2 rings (SSSR count). The third kappa shape index (κ3) is 4.71. The van der Waals surface area contributed by atoms with E-state index in [9.17, 15) is 22.8 Å². The molecule has 0 fully saturated rings. The lowest BCUT2D eigenvalue weighted by Crippen LogP contribution is -2.23. The largest absolute Gasteiger partial charge is 0.416 e. The molecule has 0 spiro atoms. The first-order valence-electron chi connectivity index (χ1n) is 6.43. The maximum atomic E-state index is 12.7. The molecule has 11 heteroatoms. The molecule has 0 unspecified atom stereocenters. The van der Waals surface area contributed by atoms with E-state index in [0.29, 0.717) is 0 Å². The number of aromatic nitrogens is 3. The first-order chi connectivity index (χ1) is 11.2. The van der Waals surface area contributed by atoms with Crippen molar-refractivity contribution >= 4 is 35.0 Å². The molecule has 2 N–H and O–H groups in total. The van der Waals surface area contributed by atoms with Crippen LogP contribution >= 0.6 is 23.4 Å². The topological polar surface area (TPSA) is 87.7 Å². The Morgan fingerprint density at radius 2 is 2.12 bits per heavy atom. The molecule has 0 saturated carbocycles. The second-order valence-electron chi connectivity index (χ2n) is 4.58. The average molecular weight is 379 g/mol. The second-order valence-corrected chi connectivity index (χ2v) is 6.32. The van der Waals surface area contributed by atoms with Crippen molar-refractivity contribution in [2.75, 3.05) is 5.32 Å². The molecule has 24 heavy (non-hydrogen) atoms. The predicted molar refractivity (Wildman–Crippen MR) is 83.1 cm³/mol. The zero-order valence-corrected chi connectivity index (χ0v) is 13.6. The molecule has 1 atom stereocenters. The van der Waals surface area contributed by atoms with Gasteiger partial charge in [-0.25, -0.2) is 0 Å². The number of hydrogen-bond donors (Lipinski definition) is 2. The van der Waals surface area contributed by atoms with Crippen LogP contribution < -0.4 is 10.9 Å². The Kier molecular flexibility index (Phi) is 5.50. The minimum absolute atomic E-state index is 0.0264. The van der Waals surface area contributed by atoms with Crippen LogP contribution in [0.2, 0.25) is 5.02 Å². The molecular weight excluding hydrogens is 369 g/mol. The van der Waals surface area contributed by atoms with Gasteiger partial charge in [0.15, 0.2) is 5.16 Å².